The van der Waals surface area contributed by atoms with Gasteiger partial charge in [0.05, 0.1) is 0 Å². The Hall–Kier alpha value is -1.04. The lowest BCUT2D eigenvalue weighted by molar-refractivity contribution is 0.569. The van der Waals surface area contributed by atoms with Gasteiger partial charge in [-0.25, -0.2) is 0 Å². The zero-order chi connectivity index (χ0) is 13.8. The average Bonchev–Trinajstić information content (AvgIpc) is 2.43. The van der Waals surface area contributed by atoms with Crippen LogP contribution in [0, 0.1) is 6.92 Å². The van der Waals surface area contributed by atoms with E-state index in [9.17, 15) is 0 Å². The van der Waals surface area contributed by atoms with Crippen molar-refractivity contribution >= 4 is 0 Å². The number of unbranched alkanes of at least 4 members (excludes halogenated alkanes) is 8. The minimum Gasteiger partial charge on any atom is -0.103 e. The van der Waals surface area contributed by atoms with Crippen molar-refractivity contribution in [1.29, 1.82) is 0 Å². The minimum absolute atomic E-state index is 1.19. The maximum absolute atomic E-state index is 3.76. The van der Waals surface area contributed by atoms with Crippen LogP contribution < -0.4 is 0 Å². The summed E-state index contributed by atoms with van der Waals surface area (Å²) < 4.78 is 0. The summed E-state index contributed by atoms with van der Waals surface area (Å²) in [4.78, 5) is 0. The molecule has 0 saturated carbocycles. The maximum Gasteiger partial charge on any atom is -0.0279 e. The highest BCUT2D eigenvalue weighted by molar-refractivity contribution is 5.21. The first-order valence-corrected chi connectivity index (χ1v) is 7.99. The quantitative estimate of drug-likeness (QED) is 0.326. The zero-order valence-corrected chi connectivity index (χ0v) is 12.7. The maximum atomic E-state index is 3.76. The van der Waals surface area contributed by atoms with E-state index in [1.807, 2.05) is 6.08 Å². The van der Waals surface area contributed by atoms with Crippen LogP contribution in [0.3, 0.4) is 0 Å². The number of aryl methyl sites for hydroxylation is 2. The standard InChI is InChI=1S/C19H30/c1-3-4-5-6-7-8-9-10-11-12-13-19-16-14-18(2)15-17-19/h3,14-17H,1,4-13H2,2H3. The zero-order valence-electron chi connectivity index (χ0n) is 12.7. The Morgan fingerprint density at radius 2 is 1.32 bits per heavy atom. The van der Waals surface area contributed by atoms with Crippen LogP contribution in [0.5, 0.6) is 0 Å². The molecule has 0 aromatic heterocycles. The van der Waals surface area contributed by atoms with Crippen LogP contribution in [-0.4, -0.2) is 0 Å². The van der Waals surface area contributed by atoms with Gasteiger partial charge in [-0.3, -0.25) is 0 Å². The van der Waals surface area contributed by atoms with Crippen molar-refractivity contribution in [3.8, 4) is 0 Å². The van der Waals surface area contributed by atoms with Crippen LogP contribution in [0.1, 0.15) is 68.9 Å². The third-order valence-electron chi connectivity index (χ3n) is 3.74. The Bertz CT molecular complexity index is 320. The molecule has 0 bridgehead atoms. The van der Waals surface area contributed by atoms with Crippen molar-refractivity contribution < 1.29 is 0 Å². The van der Waals surface area contributed by atoms with Crippen molar-refractivity contribution in [1.82, 2.24) is 0 Å². The molecule has 0 N–H and O–H groups in total. The monoisotopic (exact) mass is 258 g/mol. The van der Waals surface area contributed by atoms with Crippen molar-refractivity contribution in [3.05, 3.63) is 48.0 Å². The second-order valence-electron chi connectivity index (χ2n) is 5.64. The summed E-state index contributed by atoms with van der Waals surface area (Å²) in [6.07, 6.45) is 15.6. The molecule has 0 radical (unpaired) electrons. The minimum atomic E-state index is 1.19. The number of rotatable bonds is 11. The summed E-state index contributed by atoms with van der Waals surface area (Å²) in [6, 6.07) is 8.99. The lowest BCUT2D eigenvalue weighted by atomic mass is 10.0. The van der Waals surface area contributed by atoms with Crippen LogP contribution in [0.25, 0.3) is 0 Å². The molecule has 1 rings (SSSR count). The molecule has 0 aliphatic rings. The van der Waals surface area contributed by atoms with Crippen LogP contribution in [0.4, 0.5) is 0 Å². The van der Waals surface area contributed by atoms with Crippen LogP contribution in [-0.2, 0) is 6.42 Å². The highest BCUT2D eigenvalue weighted by atomic mass is 14.0. The van der Waals surface area contributed by atoms with Crippen molar-refractivity contribution in [2.45, 2.75) is 71.1 Å². The molecule has 0 heterocycles. The van der Waals surface area contributed by atoms with Gasteiger partial charge >= 0.3 is 0 Å². The Morgan fingerprint density at radius 3 is 1.89 bits per heavy atom. The van der Waals surface area contributed by atoms with Crippen LogP contribution in [0.2, 0.25) is 0 Å². The fourth-order valence-corrected chi connectivity index (χ4v) is 2.43. The molecule has 19 heavy (non-hydrogen) atoms. The van der Waals surface area contributed by atoms with Gasteiger partial charge in [0.15, 0.2) is 0 Å². The highest BCUT2D eigenvalue weighted by Crippen LogP contribution is 2.12. The predicted molar refractivity (Wildman–Crippen MR) is 86.6 cm³/mol. The smallest absolute Gasteiger partial charge is 0.0279 e. The lowest BCUT2D eigenvalue weighted by Crippen LogP contribution is -1.86. The fourth-order valence-electron chi connectivity index (χ4n) is 2.43. The molecule has 1 aromatic carbocycles. The van der Waals surface area contributed by atoms with Gasteiger partial charge in [-0.05, 0) is 38.2 Å². The SMILES string of the molecule is C=CCCCCCCCCCCc1ccc(C)cc1. The Balaban J connectivity index is 1.88. The largest absolute Gasteiger partial charge is 0.103 e. The third kappa shape index (κ3) is 8.64. The van der Waals surface area contributed by atoms with Crippen LogP contribution >= 0.6 is 0 Å². The summed E-state index contributed by atoms with van der Waals surface area (Å²) in [5.41, 5.74) is 2.86. The molecule has 0 saturated heterocycles. The molecule has 0 fully saturated rings. The van der Waals surface area contributed by atoms with Gasteiger partial charge in [0.25, 0.3) is 0 Å². The van der Waals surface area contributed by atoms with E-state index in [0.29, 0.717) is 0 Å². The van der Waals surface area contributed by atoms with E-state index in [1.54, 1.807) is 0 Å². The van der Waals surface area contributed by atoms with Gasteiger partial charge in [-0.2, -0.15) is 0 Å². The molecular formula is C19H30. The predicted octanol–water partition coefficient (Wildman–Crippen LogP) is 6.23. The van der Waals surface area contributed by atoms with Crippen LogP contribution in [0.15, 0.2) is 36.9 Å². The second kappa shape index (κ2) is 10.8. The second-order valence-corrected chi connectivity index (χ2v) is 5.64. The van der Waals surface area contributed by atoms with Gasteiger partial charge in [0, 0.05) is 0 Å². The van der Waals surface area contributed by atoms with Gasteiger partial charge in [-0.1, -0.05) is 74.4 Å². The first-order valence-electron chi connectivity index (χ1n) is 7.99. The summed E-state index contributed by atoms with van der Waals surface area (Å²) in [6.45, 7) is 5.91. The molecule has 0 heteroatoms. The van der Waals surface area contributed by atoms with Gasteiger partial charge < -0.3 is 0 Å². The molecule has 0 atom stereocenters. The highest BCUT2D eigenvalue weighted by Gasteiger charge is 1.94. The molecule has 0 unspecified atom stereocenters. The van der Waals surface area contributed by atoms with Crippen molar-refractivity contribution in [2.75, 3.05) is 0 Å². The first-order chi connectivity index (χ1) is 9.33. The topological polar surface area (TPSA) is 0 Å². The molecule has 0 nitrogen and oxygen atoms in total. The van der Waals surface area contributed by atoms with E-state index in [4.69, 9.17) is 0 Å². The Kier molecular flexibility index (Phi) is 9.14. The molecule has 0 amide bonds. The van der Waals surface area contributed by atoms with Gasteiger partial charge in [0.1, 0.15) is 0 Å². The normalized spacial score (nSPS) is 10.6. The molecule has 0 aliphatic heterocycles. The average molecular weight is 258 g/mol. The number of benzene rings is 1. The molecule has 106 valence electrons. The van der Waals surface area contributed by atoms with E-state index in [1.165, 1.54) is 75.3 Å². The fraction of sp³-hybridized carbons (Fsp3) is 0.579. The van der Waals surface area contributed by atoms with E-state index >= 15 is 0 Å². The van der Waals surface area contributed by atoms with Crippen molar-refractivity contribution in [3.63, 3.8) is 0 Å². The van der Waals surface area contributed by atoms with E-state index in [2.05, 4.69) is 37.8 Å². The molecular weight excluding hydrogens is 228 g/mol. The molecule has 1 aromatic rings. The van der Waals surface area contributed by atoms with E-state index in [-0.39, 0.29) is 0 Å². The van der Waals surface area contributed by atoms with Gasteiger partial charge in [0.2, 0.25) is 0 Å². The van der Waals surface area contributed by atoms with E-state index in [0.717, 1.165) is 0 Å². The Morgan fingerprint density at radius 1 is 0.789 bits per heavy atom. The molecule has 0 spiro atoms. The first kappa shape index (κ1) is 16.0. The molecule has 0 aliphatic carbocycles. The third-order valence-corrected chi connectivity index (χ3v) is 3.74. The number of allylic oxidation sites excluding steroid dienone is 1. The summed E-state index contributed by atoms with van der Waals surface area (Å²) in [7, 11) is 0. The van der Waals surface area contributed by atoms with E-state index < -0.39 is 0 Å². The Labute approximate surface area is 119 Å². The summed E-state index contributed by atoms with van der Waals surface area (Å²) in [5, 5.41) is 0. The summed E-state index contributed by atoms with van der Waals surface area (Å²) >= 11 is 0. The number of hydrogen-bond donors (Lipinski definition) is 0. The number of hydrogen-bond acceptors (Lipinski definition) is 0. The van der Waals surface area contributed by atoms with Gasteiger partial charge in [-0.15, -0.1) is 6.58 Å². The van der Waals surface area contributed by atoms with Crippen molar-refractivity contribution in [2.24, 2.45) is 0 Å². The summed E-state index contributed by atoms with van der Waals surface area (Å²) in [5.74, 6) is 0. The lowest BCUT2D eigenvalue weighted by Gasteiger charge is -2.03.